The smallest absolute Gasteiger partial charge is 0.261 e. The Morgan fingerprint density at radius 1 is 0.966 bits per heavy atom. The first-order valence-electron chi connectivity index (χ1n) is 9.26. The highest BCUT2D eigenvalue weighted by molar-refractivity contribution is 7.92. The van der Waals surface area contributed by atoms with E-state index in [9.17, 15) is 13.2 Å². The molecule has 1 amide bonds. The second-order valence-electron chi connectivity index (χ2n) is 6.73. The molecule has 0 heterocycles. The number of aryl methyl sites for hydroxylation is 2. The van der Waals surface area contributed by atoms with E-state index in [4.69, 9.17) is 9.47 Å². The van der Waals surface area contributed by atoms with Crippen LogP contribution in [0.5, 0.6) is 0 Å². The molecule has 29 heavy (non-hydrogen) atoms. The van der Waals surface area contributed by atoms with Gasteiger partial charge in [-0.15, -0.1) is 0 Å². The lowest BCUT2D eigenvalue weighted by molar-refractivity contribution is 0.0626. The van der Waals surface area contributed by atoms with Gasteiger partial charge in [-0.1, -0.05) is 23.8 Å². The van der Waals surface area contributed by atoms with E-state index in [0.29, 0.717) is 43.1 Å². The molecule has 8 heteroatoms. The minimum Gasteiger partial charge on any atom is -0.383 e. The molecular formula is C21H28N2O5S. The molecule has 0 aromatic heterocycles. The molecule has 0 unspecified atom stereocenters. The molecule has 0 bridgehead atoms. The lowest BCUT2D eigenvalue weighted by atomic mass is 10.1. The van der Waals surface area contributed by atoms with Crippen molar-refractivity contribution in [1.82, 2.24) is 4.90 Å². The highest BCUT2D eigenvalue weighted by atomic mass is 32.2. The number of sulfonamides is 1. The van der Waals surface area contributed by atoms with Gasteiger partial charge in [-0.25, -0.2) is 8.42 Å². The number of carbonyl (C=O) groups is 1. The number of nitrogens with zero attached hydrogens (tertiary/aromatic N) is 1. The molecule has 2 aromatic carbocycles. The van der Waals surface area contributed by atoms with E-state index >= 15 is 0 Å². The Kier molecular flexibility index (Phi) is 8.19. The van der Waals surface area contributed by atoms with E-state index < -0.39 is 10.0 Å². The number of rotatable bonds is 10. The Bertz CT molecular complexity index is 919. The maximum atomic E-state index is 13.1. The number of ether oxygens (including phenoxy) is 2. The van der Waals surface area contributed by atoms with Gasteiger partial charge in [0.25, 0.3) is 15.9 Å². The summed E-state index contributed by atoms with van der Waals surface area (Å²) in [4.78, 5) is 14.7. The maximum Gasteiger partial charge on any atom is 0.261 e. The monoisotopic (exact) mass is 420 g/mol. The molecule has 0 aliphatic carbocycles. The third kappa shape index (κ3) is 6.28. The third-order valence-electron chi connectivity index (χ3n) is 4.47. The van der Waals surface area contributed by atoms with Crippen LogP contribution in [0.25, 0.3) is 0 Å². The van der Waals surface area contributed by atoms with Crippen LogP contribution in [0.4, 0.5) is 5.69 Å². The van der Waals surface area contributed by atoms with Crippen LogP contribution < -0.4 is 4.72 Å². The molecule has 0 spiro atoms. The number of methoxy groups -OCH3 is 2. The predicted molar refractivity (Wildman–Crippen MR) is 113 cm³/mol. The van der Waals surface area contributed by atoms with Gasteiger partial charge in [0.2, 0.25) is 0 Å². The summed E-state index contributed by atoms with van der Waals surface area (Å²) >= 11 is 0. The van der Waals surface area contributed by atoms with E-state index in [2.05, 4.69) is 4.72 Å². The van der Waals surface area contributed by atoms with Crippen LogP contribution in [0.15, 0.2) is 47.4 Å². The van der Waals surface area contributed by atoms with Gasteiger partial charge in [-0.05, 0) is 43.7 Å². The van der Waals surface area contributed by atoms with E-state index in [0.717, 1.165) is 5.56 Å². The number of hydrogen-bond acceptors (Lipinski definition) is 5. The first-order valence-corrected chi connectivity index (χ1v) is 10.7. The topological polar surface area (TPSA) is 84.9 Å². The number of anilines is 1. The molecule has 0 radical (unpaired) electrons. The van der Waals surface area contributed by atoms with Crippen molar-refractivity contribution in [3.05, 3.63) is 59.2 Å². The summed E-state index contributed by atoms with van der Waals surface area (Å²) < 4.78 is 38.3. The van der Waals surface area contributed by atoms with Crippen LogP contribution in [0.2, 0.25) is 0 Å². The Hall–Kier alpha value is -2.42. The summed E-state index contributed by atoms with van der Waals surface area (Å²) in [7, 11) is -0.701. The summed E-state index contributed by atoms with van der Waals surface area (Å²) in [5.74, 6) is -0.260. The molecule has 0 aliphatic rings. The molecule has 2 aromatic rings. The fourth-order valence-electron chi connectivity index (χ4n) is 2.72. The molecule has 0 fully saturated rings. The van der Waals surface area contributed by atoms with E-state index in [1.807, 2.05) is 19.1 Å². The van der Waals surface area contributed by atoms with Crippen LogP contribution in [0.3, 0.4) is 0 Å². The fourth-order valence-corrected chi connectivity index (χ4v) is 3.81. The average Bonchev–Trinajstić information content (AvgIpc) is 2.69. The lowest BCUT2D eigenvalue weighted by Crippen LogP contribution is -2.37. The summed E-state index contributed by atoms with van der Waals surface area (Å²) in [5.41, 5.74) is 2.53. The Balaban J connectivity index is 2.31. The molecular weight excluding hydrogens is 392 g/mol. The standard InChI is InChI=1S/C21H28N2O5S/c1-16-5-8-18(9-6-16)22-29(25,26)19-10-7-17(2)20(15-19)21(24)23(11-13-27-3)12-14-28-4/h5-10,15,22H,11-14H2,1-4H3. The zero-order chi connectivity index (χ0) is 21.4. The van der Waals surface area contributed by atoms with Gasteiger partial charge in [0.1, 0.15) is 0 Å². The van der Waals surface area contributed by atoms with Crippen LogP contribution in [0, 0.1) is 13.8 Å². The van der Waals surface area contributed by atoms with E-state index in [1.165, 1.54) is 12.1 Å². The van der Waals surface area contributed by atoms with Crippen molar-refractivity contribution >= 4 is 21.6 Å². The van der Waals surface area contributed by atoms with Crippen LogP contribution in [-0.2, 0) is 19.5 Å². The largest absolute Gasteiger partial charge is 0.383 e. The van der Waals surface area contributed by atoms with Crippen molar-refractivity contribution < 1.29 is 22.7 Å². The number of benzene rings is 2. The zero-order valence-corrected chi connectivity index (χ0v) is 18.1. The minimum atomic E-state index is -3.83. The molecule has 158 valence electrons. The quantitative estimate of drug-likeness (QED) is 0.639. The Labute approximate surface area is 172 Å². The summed E-state index contributed by atoms with van der Waals surface area (Å²) in [6.07, 6.45) is 0. The highest BCUT2D eigenvalue weighted by Crippen LogP contribution is 2.21. The second kappa shape index (κ2) is 10.4. The first kappa shape index (κ1) is 22.9. The van der Waals surface area contributed by atoms with E-state index in [-0.39, 0.29) is 10.8 Å². The maximum absolute atomic E-state index is 13.1. The molecule has 7 nitrogen and oxygen atoms in total. The Morgan fingerprint density at radius 3 is 2.10 bits per heavy atom. The van der Waals surface area contributed by atoms with Crippen molar-refractivity contribution in [2.75, 3.05) is 45.2 Å². The molecule has 0 atom stereocenters. The van der Waals surface area contributed by atoms with Gasteiger partial charge in [0, 0.05) is 38.6 Å². The number of amides is 1. The van der Waals surface area contributed by atoms with Crippen molar-refractivity contribution in [3.8, 4) is 0 Å². The normalized spacial score (nSPS) is 11.3. The SMILES string of the molecule is COCCN(CCOC)C(=O)c1cc(S(=O)(=O)Nc2ccc(C)cc2)ccc1C. The average molecular weight is 421 g/mol. The number of carbonyl (C=O) groups excluding carboxylic acids is 1. The van der Waals surface area contributed by atoms with Gasteiger partial charge in [0.15, 0.2) is 0 Å². The molecule has 2 rings (SSSR count). The van der Waals surface area contributed by atoms with Crippen molar-refractivity contribution in [2.24, 2.45) is 0 Å². The van der Waals surface area contributed by atoms with Crippen LogP contribution in [-0.4, -0.2) is 59.7 Å². The summed E-state index contributed by atoms with van der Waals surface area (Å²) in [6, 6.07) is 11.6. The van der Waals surface area contributed by atoms with Gasteiger partial charge in [-0.3, -0.25) is 9.52 Å². The summed E-state index contributed by atoms with van der Waals surface area (Å²) in [5, 5.41) is 0. The van der Waals surface area contributed by atoms with Crippen LogP contribution >= 0.6 is 0 Å². The fraction of sp³-hybridized carbons (Fsp3) is 0.381. The van der Waals surface area contributed by atoms with E-state index in [1.54, 1.807) is 44.2 Å². The molecule has 0 aliphatic heterocycles. The lowest BCUT2D eigenvalue weighted by Gasteiger charge is -2.23. The molecule has 0 saturated carbocycles. The zero-order valence-electron chi connectivity index (χ0n) is 17.3. The van der Waals surface area contributed by atoms with Crippen molar-refractivity contribution in [2.45, 2.75) is 18.7 Å². The third-order valence-corrected chi connectivity index (χ3v) is 5.85. The van der Waals surface area contributed by atoms with Gasteiger partial charge >= 0.3 is 0 Å². The van der Waals surface area contributed by atoms with Crippen LogP contribution in [0.1, 0.15) is 21.5 Å². The molecule has 1 N–H and O–H groups in total. The first-order chi connectivity index (χ1) is 13.8. The number of nitrogens with one attached hydrogen (secondary N) is 1. The second-order valence-corrected chi connectivity index (χ2v) is 8.41. The van der Waals surface area contributed by atoms with Crippen molar-refractivity contribution in [1.29, 1.82) is 0 Å². The number of hydrogen-bond donors (Lipinski definition) is 1. The molecule has 0 saturated heterocycles. The Morgan fingerprint density at radius 2 is 1.55 bits per heavy atom. The van der Waals surface area contributed by atoms with Gasteiger partial charge < -0.3 is 14.4 Å². The van der Waals surface area contributed by atoms with Gasteiger partial charge in [-0.2, -0.15) is 0 Å². The summed E-state index contributed by atoms with van der Waals surface area (Å²) in [6.45, 7) is 5.23. The van der Waals surface area contributed by atoms with Gasteiger partial charge in [0.05, 0.1) is 18.1 Å². The minimum absolute atomic E-state index is 0.0328. The predicted octanol–water partition coefficient (Wildman–Crippen LogP) is 2.84. The van der Waals surface area contributed by atoms with Crippen molar-refractivity contribution in [3.63, 3.8) is 0 Å². The highest BCUT2D eigenvalue weighted by Gasteiger charge is 2.21.